The number of rotatable bonds is 4. The van der Waals surface area contributed by atoms with Gasteiger partial charge in [-0.15, -0.1) is 0 Å². The first-order valence-corrected chi connectivity index (χ1v) is 8.32. The normalized spacial score (nSPS) is 15.6. The number of halogens is 3. The molecule has 2 aromatic heterocycles. The zero-order chi connectivity index (χ0) is 19.7. The molecule has 1 aromatic carbocycles. The summed E-state index contributed by atoms with van der Waals surface area (Å²) in [7, 11) is 0. The fourth-order valence-corrected chi connectivity index (χ4v) is 3.02. The van der Waals surface area contributed by atoms with Crippen molar-refractivity contribution in [2.45, 2.75) is 12.2 Å². The highest BCUT2D eigenvalue weighted by Gasteiger charge is 2.30. The number of aromatic nitrogens is 3. The Hall–Kier alpha value is -3.62. The fourth-order valence-electron chi connectivity index (χ4n) is 3.02. The second-order valence-electron chi connectivity index (χ2n) is 6.16. The lowest BCUT2D eigenvalue weighted by molar-refractivity contribution is -0.137. The molecule has 3 aromatic rings. The van der Waals surface area contributed by atoms with Gasteiger partial charge in [0.15, 0.2) is 0 Å². The predicted molar refractivity (Wildman–Crippen MR) is 97.5 cm³/mol. The lowest BCUT2D eigenvalue weighted by Gasteiger charge is -2.23. The second-order valence-corrected chi connectivity index (χ2v) is 6.16. The van der Waals surface area contributed by atoms with Crippen molar-refractivity contribution in [2.24, 2.45) is 0 Å². The van der Waals surface area contributed by atoms with E-state index in [-0.39, 0.29) is 5.69 Å². The van der Waals surface area contributed by atoms with E-state index in [0.717, 1.165) is 24.0 Å². The molecular weight excluding hydrogens is 371 g/mol. The van der Waals surface area contributed by atoms with E-state index in [0.29, 0.717) is 22.6 Å². The number of benzene rings is 1. The highest BCUT2D eigenvalue weighted by molar-refractivity contribution is 5.79. The van der Waals surface area contributed by atoms with Crippen molar-refractivity contribution >= 4 is 23.9 Å². The van der Waals surface area contributed by atoms with Gasteiger partial charge in [0, 0.05) is 23.0 Å². The number of nitrogens with one attached hydrogen (secondary N) is 3. The highest BCUT2D eigenvalue weighted by atomic mass is 19.4. The van der Waals surface area contributed by atoms with Crippen LogP contribution in [0, 0.1) is 0 Å². The van der Waals surface area contributed by atoms with Crippen molar-refractivity contribution in [3.63, 3.8) is 0 Å². The average Bonchev–Trinajstić information content (AvgIpc) is 3.21. The maximum atomic E-state index is 13.0. The molecule has 3 N–H and O–H groups in total. The van der Waals surface area contributed by atoms with Gasteiger partial charge >= 0.3 is 6.18 Å². The first kappa shape index (κ1) is 17.8. The third-order valence-corrected chi connectivity index (χ3v) is 4.32. The first-order chi connectivity index (χ1) is 13.5. The van der Waals surface area contributed by atoms with Gasteiger partial charge in [-0.1, -0.05) is 6.07 Å². The van der Waals surface area contributed by atoms with Gasteiger partial charge < -0.3 is 15.4 Å². The number of hydrogen-bond donors (Lipinski definition) is 3. The van der Waals surface area contributed by atoms with E-state index in [4.69, 9.17) is 0 Å². The van der Waals surface area contributed by atoms with Gasteiger partial charge in [-0.3, -0.25) is 5.10 Å². The molecule has 0 bridgehead atoms. The number of hydrogen-bond acceptors (Lipinski definition) is 5. The van der Waals surface area contributed by atoms with Gasteiger partial charge in [0.05, 0.1) is 17.5 Å². The Kier molecular flexibility index (Phi) is 4.34. The Bertz CT molecular complexity index is 1040. The number of H-pyrrole nitrogens is 1. The Morgan fingerprint density at radius 3 is 2.79 bits per heavy atom. The van der Waals surface area contributed by atoms with Crippen LogP contribution in [0.25, 0.3) is 17.3 Å². The molecule has 0 aliphatic carbocycles. The van der Waals surface area contributed by atoms with Crippen LogP contribution in [0.2, 0.25) is 0 Å². The number of aldehydes is 1. The monoisotopic (exact) mass is 385 g/mol. The van der Waals surface area contributed by atoms with E-state index < -0.39 is 17.8 Å². The van der Waals surface area contributed by atoms with Crippen molar-refractivity contribution in [3.8, 4) is 11.3 Å². The summed E-state index contributed by atoms with van der Waals surface area (Å²) in [5.74, 6) is 0.293. The first-order valence-electron chi connectivity index (χ1n) is 8.32. The molecule has 0 radical (unpaired) electrons. The number of carbonyl (C=O) groups excluding carboxylic acids is 1. The SMILES string of the molecule is O=CC1NC=Cc2cc(-c3cn[nH]c3)nc(Nc3cccc(C(F)(F)F)c3)c21. The molecule has 0 fully saturated rings. The Balaban J connectivity index is 1.82. The summed E-state index contributed by atoms with van der Waals surface area (Å²) in [6, 6.07) is 5.95. The van der Waals surface area contributed by atoms with E-state index in [1.165, 1.54) is 12.1 Å². The van der Waals surface area contributed by atoms with E-state index in [1.54, 1.807) is 30.7 Å². The maximum Gasteiger partial charge on any atom is 0.416 e. The number of anilines is 2. The van der Waals surface area contributed by atoms with Crippen LogP contribution in [0.3, 0.4) is 0 Å². The van der Waals surface area contributed by atoms with Crippen molar-refractivity contribution in [1.82, 2.24) is 20.5 Å². The molecule has 9 heteroatoms. The molecule has 4 rings (SSSR count). The molecule has 0 amide bonds. The molecule has 28 heavy (non-hydrogen) atoms. The van der Waals surface area contributed by atoms with Gasteiger partial charge in [0.25, 0.3) is 0 Å². The number of alkyl halides is 3. The molecular formula is C19H14F3N5O. The minimum absolute atomic E-state index is 0.216. The maximum absolute atomic E-state index is 13.0. The zero-order valence-electron chi connectivity index (χ0n) is 14.3. The number of carbonyl (C=O) groups is 1. The number of fused-ring (bicyclic) bond motifs is 1. The molecule has 1 aliphatic rings. The number of nitrogens with zero attached hydrogens (tertiary/aromatic N) is 2. The Morgan fingerprint density at radius 2 is 2.07 bits per heavy atom. The van der Waals surface area contributed by atoms with Crippen molar-refractivity contribution in [1.29, 1.82) is 0 Å². The summed E-state index contributed by atoms with van der Waals surface area (Å²) in [6.45, 7) is 0. The van der Waals surface area contributed by atoms with Gasteiger partial charge in [0.2, 0.25) is 0 Å². The second kappa shape index (κ2) is 6.84. The number of aromatic amines is 1. The highest BCUT2D eigenvalue weighted by Crippen LogP contribution is 2.35. The van der Waals surface area contributed by atoms with E-state index in [2.05, 4.69) is 25.8 Å². The molecule has 3 heterocycles. The van der Waals surface area contributed by atoms with Crippen LogP contribution >= 0.6 is 0 Å². The summed E-state index contributed by atoms with van der Waals surface area (Å²) >= 11 is 0. The van der Waals surface area contributed by atoms with E-state index in [1.807, 2.05) is 0 Å². The quantitative estimate of drug-likeness (QED) is 0.591. The Morgan fingerprint density at radius 1 is 1.21 bits per heavy atom. The lowest BCUT2D eigenvalue weighted by atomic mass is 9.97. The number of pyridine rings is 1. The topological polar surface area (TPSA) is 82.7 Å². The summed E-state index contributed by atoms with van der Waals surface area (Å²) < 4.78 is 39.1. The summed E-state index contributed by atoms with van der Waals surface area (Å²) in [4.78, 5) is 16.0. The van der Waals surface area contributed by atoms with Gasteiger partial charge in [-0.2, -0.15) is 18.3 Å². The van der Waals surface area contributed by atoms with Crippen molar-refractivity contribution < 1.29 is 18.0 Å². The van der Waals surface area contributed by atoms with Crippen LogP contribution in [0.1, 0.15) is 22.7 Å². The molecule has 1 atom stereocenters. The standard InChI is InChI=1S/C19H14F3N5O/c20-19(21,22)13-2-1-3-14(7-13)26-18-17-11(4-5-23-16(17)10-28)6-15(27-18)12-8-24-25-9-12/h1-10,16,23H,(H,24,25)(H,26,27). The van der Waals surface area contributed by atoms with E-state index >= 15 is 0 Å². The predicted octanol–water partition coefficient (Wildman–Crippen LogP) is 4.05. The largest absolute Gasteiger partial charge is 0.416 e. The minimum Gasteiger partial charge on any atom is -0.378 e. The summed E-state index contributed by atoms with van der Waals surface area (Å²) in [6.07, 6.45) is 2.93. The van der Waals surface area contributed by atoms with Gasteiger partial charge in [-0.05, 0) is 42.1 Å². The third kappa shape index (κ3) is 3.34. The molecule has 0 saturated heterocycles. The molecule has 1 unspecified atom stereocenters. The molecule has 142 valence electrons. The van der Waals surface area contributed by atoms with Crippen LogP contribution in [0.4, 0.5) is 24.7 Å². The molecule has 6 nitrogen and oxygen atoms in total. The summed E-state index contributed by atoms with van der Waals surface area (Å²) in [5.41, 5.74) is 2.01. The van der Waals surface area contributed by atoms with Crippen LogP contribution < -0.4 is 10.6 Å². The zero-order valence-corrected chi connectivity index (χ0v) is 14.3. The third-order valence-electron chi connectivity index (χ3n) is 4.32. The van der Waals surface area contributed by atoms with Gasteiger partial charge in [-0.25, -0.2) is 4.98 Å². The summed E-state index contributed by atoms with van der Waals surface area (Å²) in [5, 5.41) is 12.4. The Labute approximate surface area is 157 Å². The van der Waals surface area contributed by atoms with Crippen molar-refractivity contribution in [3.05, 3.63) is 65.6 Å². The van der Waals surface area contributed by atoms with E-state index in [9.17, 15) is 18.0 Å². The molecule has 1 aliphatic heterocycles. The fraction of sp³-hybridized carbons (Fsp3) is 0.105. The minimum atomic E-state index is -4.46. The molecule has 0 spiro atoms. The van der Waals surface area contributed by atoms with Crippen LogP contribution in [-0.2, 0) is 11.0 Å². The van der Waals surface area contributed by atoms with Crippen LogP contribution in [0.15, 0.2) is 48.9 Å². The lowest BCUT2D eigenvalue weighted by Crippen LogP contribution is -2.22. The smallest absolute Gasteiger partial charge is 0.378 e. The van der Waals surface area contributed by atoms with Gasteiger partial charge in [0.1, 0.15) is 18.1 Å². The van der Waals surface area contributed by atoms with Crippen molar-refractivity contribution in [2.75, 3.05) is 5.32 Å². The van der Waals surface area contributed by atoms with Crippen LogP contribution in [-0.4, -0.2) is 21.5 Å². The van der Waals surface area contributed by atoms with Crippen LogP contribution in [0.5, 0.6) is 0 Å². The molecule has 0 saturated carbocycles. The average molecular weight is 385 g/mol.